The van der Waals surface area contributed by atoms with Crippen molar-refractivity contribution in [1.29, 1.82) is 0 Å². The Hall–Kier alpha value is -3.55. The van der Waals surface area contributed by atoms with Gasteiger partial charge in [0, 0.05) is 19.7 Å². The van der Waals surface area contributed by atoms with E-state index in [4.69, 9.17) is 0 Å². The summed E-state index contributed by atoms with van der Waals surface area (Å²) in [6.45, 7) is 0. The van der Waals surface area contributed by atoms with Crippen LogP contribution in [0, 0.1) is 0 Å². The summed E-state index contributed by atoms with van der Waals surface area (Å²) in [5.41, 5.74) is 2.05. The van der Waals surface area contributed by atoms with E-state index in [9.17, 15) is 9.59 Å². The number of aromatic nitrogens is 4. The summed E-state index contributed by atoms with van der Waals surface area (Å²) < 4.78 is 0. The SMILES string of the molecule is CN1C(=O)[C@H](NC(=O)c2n[nH]c(Cc3ccccc3)n2)CCc2cccnc21. The minimum Gasteiger partial charge on any atom is -0.337 e. The van der Waals surface area contributed by atoms with E-state index in [1.165, 1.54) is 4.90 Å². The van der Waals surface area contributed by atoms with Crippen LogP contribution >= 0.6 is 0 Å². The first kappa shape index (κ1) is 17.8. The average Bonchev–Trinajstić information content (AvgIpc) is 3.15. The second kappa shape index (κ2) is 7.59. The molecule has 2 N–H and O–H groups in total. The van der Waals surface area contributed by atoms with Gasteiger partial charge in [-0.2, -0.15) is 0 Å². The average molecular weight is 376 g/mol. The molecule has 1 aliphatic rings. The van der Waals surface area contributed by atoms with Crippen LogP contribution in [0.15, 0.2) is 48.7 Å². The first-order valence-electron chi connectivity index (χ1n) is 9.09. The molecule has 3 aromatic rings. The Morgan fingerprint density at radius 2 is 2.07 bits per heavy atom. The van der Waals surface area contributed by atoms with Crippen LogP contribution in [0.25, 0.3) is 0 Å². The summed E-state index contributed by atoms with van der Waals surface area (Å²) in [5, 5.41) is 9.56. The number of carbonyl (C=O) groups is 2. The van der Waals surface area contributed by atoms with E-state index in [1.807, 2.05) is 42.5 Å². The predicted octanol–water partition coefficient (Wildman–Crippen LogP) is 1.50. The number of H-pyrrole nitrogens is 1. The number of carbonyl (C=O) groups excluding carboxylic acids is 2. The molecule has 4 rings (SSSR count). The van der Waals surface area contributed by atoms with Gasteiger partial charge in [0.2, 0.25) is 11.7 Å². The lowest BCUT2D eigenvalue weighted by atomic mass is 10.1. The minimum absolute atomic E-state index is 0.0290. The quantitative estimate of drug-likeness (QED) is 0.718. The maximum atomic E-state index is 12.7. The standard InChI is InChI=1S/C20H20N6O2/c1-26-18-14(8-5-11-21-18)9-10-15(20(26)28)22-19(27)17-23-16(24-25-17)12-13-6-3-2-4-7-13/h2-8,11,15H,9-10,12H2,1H3,(H,22,27)(H,23,24,25)/t15-/m1/s1. The lowest BCUT2D eigenvalue weighted by molar-refractivity contribution is -0.120. The fourth-order valence-electron chi connectivity index (χ4n) is 3.31. The van der Waals surface area contributed by atoms with Gasteiger partial charge in [0.25, 0.3) is 5.91 Å². The normalized spacial score (nSPS) is 16.4. The Bertz CT molecular complexity index is 1000. The van der Waals surface area contributed by atoms with E-state index in [2.05, 4.69) is 25.5 Å². The number of benzene rings is 1. The van der Waals surface area contributed by atoms with Crippen molar-refractivity contribution in [3.8, 4) is 0 Å². The number of likely N-dealkylation sites (N-methyl/N-ethyl adjacent to an activating group) is 1. The summed E-state index contributed by atoms with van der Waals surface area (Å²) in [5.74, 6) is 0.581. The van der Waals surface area contributed by atoms with E-state index in [0.29, 0.717) is 30.9 Å². The first-order valence-corrected chi connectivity index (χ1v) is 9.09. The van der Waals surface area contributed by atoms with Gasteiger partial charge in [-0.15, -0.1) is 5.10 Å². The molecule has 2 amide bonds. The molecular weight excluding hydrogens is 356 g/mol. The summed E-state index contributed by atoms with van der Waals surface area (Å²) >= 11 is 0. The highest BCUT2D eigenvalue weighted by Crippen LogP contribution is 2.23. The molecule has 8 nitrogen and oxygen atoms in total. The van der Waals surface area contributed by atoms with Crippen LogP contribution in [0.3, 0.4) is 0 Å². The Kier molecular flexibility index (Phi) is 4.84. The summed E-state index contributed by atoms with van der Waals surface area (Å²) in [6.07, 6.45) is 3.35. The number of pyridine rings is 1. The number of nitrogens with one attached hydrogen (secondary N) is 2. The summed E-state index contributed by atoms with van der Waals surface area (Å²) in [4.78, 5) is 35.4. The van der Waals surface area contributed by atoms with Crippen molar-refractivity contribution in [2.75, 3.05) is 11.9 Å². The number of amides is 2. The third kappa shape index (κ3) is 3.62. The lowest BCUT2D eigenvalue weighted by Gasteiger charge is -2.20. The van der Waals surface area contributed by atoms with Crippen molar-refractivity contribution < 1.29 is 9.59 Å². The zero-order chi connectivity index (χ0) is 19.5. The molecule has 0 unspecified atom stereocenters. The van der Waals surface area contributed by atoms with Gasteiger partial charge in [-0.05, 0) is 30.0 Å². The smallest absolute Gasteiger partial charge is 0.291 e. The van der Waals surface area contributed by atoms with E-state index >= 15 is 0 Å². The van der Waals surface area contributed by atoms with Crippen LogP contribution in [0.4, 0.5) is 5.82 Å². The van der Waals surface area contributed by atoms with Crippen molar-refractivity contribution in [2.45, 2.75) is 25.3 Å². The molecule has 0 radical (unpaired) electrons. The van der Waals surface area contributed by atoms with Gasteiger partial charge < -0.3 is 5.32 Å². The maximum absolute atomic E-state index is 12.7. The van der Waals surface area contributed by atoms with E-state index in [-0.39, 0.29) is 11.7 Å². The van der Waals surface area contributed by atoms with Crippen LogP contribution in [-0.4, -0.2) is 45.1 Å². The molecule has 28 heavy (non-hydrogen) atoms. The van der Waals surface area contributed by atoms with Crippen molar-refractivity contribution in [1.82, 2.24) is 25.5 Å². The van der Waals surface area contributed by atoms with Crippen LogP contribution in [0.2, 0.25) is 0 Å². The maximum Gasteiger partial charge on any atom is 0.291 e. The Balaban J connectivity index is 1.45. The number of hydrogen-bond donors (Lipinski definition) is 2. The van der Waals surface area contributed by atoms with Gasteiger partial charge in [-0.1, -0.05) is 36.4 Å². The Labute approximate surface area is 162 Å². The van der Waals surface area contributed by atoms with Gasteiger partial charge in [0.15, 0.2) is 0 Å². The fourth-order valence-corrected chi connectivity index (χ4v) is 3.31. The molecule has 1 atom stereocenters. The number of aryl methyl sites for hydroxylation is 1. The van der Waals surface area contributed by atoms with Crippen molar-refractivity contribution in [3.63, 3.8) is 0 Å². The molecule has 0 saturated heterocycles. The topological polar surface area (TPSA) is 104 Å². The van der Waals surface area contributed by atoms with Crippen molar-refractivity contribution in [2.24, 2.45) is 0 Å². The Morgan fingerprint density at radius 3 is 2.89 bits per heavy atom. The Morgan fingerprint density at radius 1 is 1.25 bits per heavy atom. The highest BCUT2D eigenvalue weighted by atomic mass is 16.2. The van der Waals surface area contributed by atoms with Crippen LogP contribution < -0.4 is 10.2 Å². The summed E-state index contributed by atoms with van der Waals surface area (Å²) in [6, 6.07) is 12.9. The molecule has 142 valence electrons. The lowest BCUT2D eigenvalue weighted by Crippen LogP contribution is -2.47. The molecule has 0 spiro atoms. The molecule has 2 aromatic heterocycles. The van der Waals surface area contributed by atoms with Crippen LogP contribution in [0.1, 0.15) is 34.0 Å². The first-order chi connectivity index (χ1) is 13.6. The third-order valence-electron chi connectivity index (χ3n) is 4.77. The molecule has 3 heterocycles. The van der Waals surface area contributed by atoms with Crippen LogP contribution in [-0.2, 0) is 17.6 Å². The van der Waals surface area contributed by atoms with E-state index in [1.54, 1.807) is 13.2 Å². The molecule has 0 saturated carbocycles. The van der Waals surface area contributed by atoms with E-state index < -0.39 is 11.9 Å². The number of rotatable bonds is 4. The molecule has 8 heteroatoms. The highest BCUT2D eigenvalue weighted by Gasteiger charge is 2.30. The second-order valence-electron chi connectivity index (χ2n) is 6.72. The molecule has 1 aromatic carbocycles. The largest absolute Gasteiger partial charge is 0.337 e. The van der Waals surface area contributed by atoms with Crippen molar-refractivity contribution >= 4 is 17.6 Å². The molecule has 0 aliphatic carbocycles. The van der Waals surface area contributed by atoms with Gasteiger partial charge in [-0.3, -0.25) is 19.6 Å². The van der Waals surface area contributed by atoms with Gasteiger partial charge in [-0.25, -0.2) is 9.97 Å². The molecule has 0 fully saturated rings. The zero-order valence-corrected chi connectivity index (χ0v) is 15.4. The van der Waals surface area contributed by atoms with Gasteiger partial charge in [0.1, 0.15) is 17.7 Å². The number of hydrogen-bond acceptors (Lipinski definition) is 5. The van der Waals surface area contributed by atoms with Crippen LogP contribution in [0.5, 0.6) is 0 Å². The zero-order valence-electron chi connectivity index (χ0n) is 15.4. The number of fused-ring (bicyclic) bond motifs is 1. The molecular formula is C20H20N6O2. The number of anilines is 1. The number of nitrogens with zero attached hydrogens (tertiary/aromatic N) is 4. The minimum atomic E-state index is -0.650. The molecule has 1 aliphatic heterocycles. The highest BCUT2D eigenvalue weighted by molar-refractivity contribution is 6.01. The predicted molar refractivity (Wildman–Crippen MR) is 103 cm³/mol. The molecule has 0 bridgehead atoms. The number of aromatic amines is 1. The summed E-state index contributed by atoms with van der Waals surface area (Å²) in [7, 11) is 1.67. The van der Waals surface area contributed by atoms with Crippen molar-refractivity contribution in [3.05, 3.63) is 71.4 Å². The third-order valence-corrected chi connectivity index (χ3v) is 4.77. The van der Waals surface area contributed by atoms with Gasteiger partial charge in [0.05, 0.1) is 0 Å². The fraction of sp³-hybridized carbons (Fsp3) is 0.250. The second-order valence-corrected chi connectivity index (χ2v) is 6.72. The monoisotopic (exact) mass is 376 g/mol. The van der Waals surface area contributed by atoms with Gasteiger partial charge >= 0.3 is 0 Å². The van der Waals surface area contributed by atoms with E-state index in [0.717, 1.165) is 11.1 Å².